The van der Waals surface area contributed by atoms with Gasteiger partial charge in [0.25, 0.3) is 5.56 Å². The van der Waals surface area contributed by atoms with E-state index in [9.17, 15) is 9.59 Å². The van der Waals surface area contributed by atoms with Crippen LogP contribution >= 0.6 is 0 Å². The lowest BCUT2D eigenvalue weighted by molar-refractivity contribution is -0.131. The van der Waals surface area contributed by atoms with Crippen molar-refractivity contribution in [3.63, 3.8) is 0 Å². The number of nitrogens with zero attached hydrogens (tertiary/aromatic N) is 4. The van der Waals surface area contributed by atoms with Crippen LogP contribution in [0.25, 0.3) is 0 Å². The molecule has 28 heavy (non-hydrogen) atoms. The van der Waals surface area contributed by atoms with Crippen LogP contribution in [0.2, 0.25) is 0 Å². The molecule has 3 heterocycles. The zero-order chi connectivity index (χ0) is 19.8. The molecule has 0 aliphatic carbocycles. The lowest BCUT2D eigenvalue weighted by Gasteiger charge is -2.27. The monoisotopic (exact) mass is 391 g/mol. The highest BCUT2D eigenvalue weighted by Gasteiger charge is 2.21. The number of aromatic amines is 1. The third kappa shape index (κ3) is 6.04. The van der Waals surface area contributed by atoms with Crippen molar-refractivity contribution in [2.24, 2.45) is 0 Å². The molecule has 8 heteroatoms. The molecule has 2 fully saturated rings. The number of rotatable bonds is 7. The molecule has 0 unspecified atom stereocenters. The second-order valence-corrected chi connectivity index (χ2v) is 7.63. The van der Waals surface area contributed by atoms with Crippen molar-refractivity contribution in [1.29, 1.82) is 0 Å². The van der Waals surface area contributed by atoms with E-state index in [0.717, 1.165) is 70.8 Å². The van der Waals surface area contributed by atoms with Crippen molar-refractivity contribution in [2.75, 3.05) is 57.4 Å². The molecule has 156 valence electrons. The first kappa shape index (κ1) is 20.8. The summed E-state index contributed by atoms with van der Waals surface area (Å²) in [5.74, 6) is 0.869. The zero-order valence-corrected chi connectivity index (χ0v) is 17.0. The minimum Gasteiger partial charge on any atom is -0.379 e. The van der Waals surface area contributed by atoms with Gasteiger partial charge in [0, 0.05) is 58.3 Å². The Kier molecular flexibility index (Phi) is 7.85. The number of H-pyrrole nitrogens is 1. The predicted octanol–water partition coefficient (Wildman–Crippen LogP) is 1.22. The Balaban J connectivity index is 1.60. The van der Waals surface area contributed by atoms with Gasteiger partial charge < -0.3 is 14.5 Å². The van der Waals surface area contributed by atoms with Crippen LogP contribution < -0.4 is 10.5 Å². The van der Waals surface area contributed by atoms with Gasteiger partial charge in [-0.05, 0) is 12.8 Å². The molecule has 0 bridgehead atoms. The predicted molar refractivity (Wildman–Crippen MR) is 109 cm³/mol. The highest BCUT2D eigenvalue weighted by molar-refractivity contribution is 5.76. The van der Waals surface area contributed by atoms with E-state index in [1.54, 1.807) is 6.07 Å². The Morgan fingerprint density at radius 2 is 1.96 bits per heavy atom. The number of morpholine rings is 1. The SMILES string of the molecule is CCCCCC(=O)N1CCCN(c2nc(CN3CCOCC3)cc(=O)[nH]2)CC1. The summed E-state index contributed by atoms with van der Waals surface area (Å²) in [6, 6.07) is 1.58. The molecule has 1 aromatic heterocycles. The van der Waals surface area contributed by atoms with Gasteiger partial charge in [0.1, 0.15) is 0 Å². The summed E-state index contributed by atoms with van der Waals surface area (Å²) >= 11 is 0. The first-order valence-corrected chi connectivity index (χ1v) is 10.6. The van der Waals surface area contributed by atoms with Crippen LogP contribution in [-0.4, -0.2) is 78.2 Å². The first-order valence-electron chi connectivity index (χ1n) is 10.6. The van der Waals surface area contributed by atoms with E-state index in [0.29, 0.717) is 32.0 Å². The van der Waals surface area contributed by atoms with Crippen LogP contribution in [0.4, 0.5) is 5.95 Å². The van der Waals surface area contributed by atoms with Gasteiger partial charge in [0.15, 0.2) is 0 Å². The lowest BCUT2D eigenvalue weighted by atomic mass is 10.2. The Labute approximate surface area is 166 Å². The van der Waals surface area contributed by atoms with Crippen molar-refractivity contribution in [1.82, 2.24) is 19.8 Å². The fourth-order valence-electron chi connectivity index (χ4n) is 3.78. The highest BCUT2D eigenvalue weighted by atomic mass is 16.5. The van der Waals surface area contributed by atoms with Gasteiger partial charge >= 0.3 is 0 Å². The second kappa shape index (κ2) is 10.6. The van der Waals surface area contributed by atoms with Gasteiger partial charge in [-0.1, -0.05) is 19.8 Å². The Bertz CT molecular complexity index is 687. The standard InChI is InChI=1S/C20H33N5O3/c1-2-3-4-6-19(27)24-7-5-8-25(10-9-24)20-21-17(15-18(26)22-20)16-23-11-13-28-14-12-23/h15H,2-14,16H2,1H3,(H,21,22,26). The van der Waals surface area contributed by atoms with Crippen molar-refractivity contribution >= 4 is 11.9 Å². The van der Waals surface area contributed by atoms with Gasteiger partial charge in [0.05, 0.1) is 18.9 Å². The minimum absolute atomic E-state index is 0.120. The van der Waals surface area contributed by atoms with Gasteiger partial charge in [-0.3, -0.25) is 19.5 Å². The number of hydrogen-bond acceptors (Lipinski definition) is 6. The molecule has 3 rings (SSSR count). The largest absolute Gasteiger partial charge is 0.379 e. The Morgan fingerprint density at radius 3 is 2.75 bits per heavy atom. The van der Waals surface area contributed by atoms with Crippen LogP contribution in [0.3, 0.4) is 0 Å². The second-order valence-electron chi connectivity index (χ2n) is 7.63. The number of amides is 1. The Hall–Kier alpha value is -1.93. The smallest absolute Gasteiger partial charge is 0.252 e. The molecule has 2 saturated heterocycles. The number of ether oxygens (including phenoxy) is 1. The number of carbonyl (C=O) groups excluding carboxylic acids is 1. The molecular formula is C20H33N5O3. The molecular weight excluding hydrogens is 358 g/mol. The number of unbranched alkanes of at least 4 members (excludes halogenated alkanes) is 2. The number of carbonyl (C=O) groups is 1. The van der Waals surface area contributed by atoms with E-state index in [1.807, 2.05) is 4.90 Å². The van der Waals surface area contributed by atoms with E-state index < -0.39 is 0 Å². The van der Waals surface area contributed by atoms with Crippen molar-refractivity contribution in [2.45, 2.75) is 45.6 Å². The van der Waals surface area contributed by atoms with E-state index in [4.69, 9.17) is 9.72 Å². The zero-order valence-electron chi connectivity index (χ0n) is 17.0. The van der Waals surface area contributed by atoms with Gasteiger partial charge in [-0.25, -0.2) is 4.98 Å². The Morgan fingerprint density at radius 1 is 1.14 bits per heavy atom. The van der Waals surface area contributed by atoms with E-state index in [1.165, 1.54) is 0 Å². The summed E-state index contributed by atoms with van der Waals surface area (Å²) in [5, 5.41) is 0. The van der Waals surface area contributed by atoms with Crippen LogP contribution in [-0.2, 0) is 16.1 Å². The summed E-state index contributed by atoms with van der Waals surface area (Å²) in [6.45, 7) is 8.94. The topological polar surface area (TPSA) is 81.8 Å². The maximum atomic E-state index is 12.4. The quantitative estimate of drug-likeness (QED) is 0.704. The summed E-state index contributed by atoms with van der Waals surface area (Å²) in [7, 11) is 0. The van der Waals surface area contributed by atoms with Gasteiger partial charge in [-0.2, -0.15) is 0 Å². The molecule has 0 spiro atoms. The number of aromatic nitrogens is 2. The molecule has 2 aliphatic heterocycles. The molecule has 8 nitrogen and oxygen atoms in total. The summed E-state index contributed by atoms with van der Waals surface area (Å²) < 4.78 is 5.38. The van der Waals surface area contributed by atoms with E-state index >= 15 is 0 Å². The molecule has 0 atom stereocenters. The van der Waals surface area contributed by atoms with Crippen molar-refractivity contribution in [3.8, 4) is 0 Å². The number of hydrogen-bond donors (Lipinski definition) is 1. The summed E-state index contributed by atoms with van der Waals surface area (Å²) in [6.07, 6.45) is 4.72. The van der Waals surface area contributed by atoms with E-state index in [-0.39, 0.29) is 11.5 Å². The summed E-state index contributed by atoms with van der Waals surface area (Å²) in [4.78, 5) is 38.5. The van der Waals surface area contributed by atoms with Crippen LogP contribution in [0.5, 0.6) is 0 Å². The first-order chi connectivity index (χ1) is 13.7. The molecule has 1 amide bonds. The van der Waals surface area contributed by atoms with Gasteiger partial charge in [0.2, 0.25) is 11.9 Å². The maximum absolute atomic E-state index is 12.4. The van der Waals surface area contributed by atoms with Crippen molar-refractivity contribution in [3.05, 3.63) is 22.1 Å². The van der Waals surface area contributed by atoms with Crippen LogP contribution in [0, 0.1) is 0 Å². The van der Waals surface area contributed by atoms with Crippen molar-refractivity contribution < 1.29 is 9.53 Å². The molecule has 0 radical (unpaired) electrons. The molecule has 1 aromatic rings. The van der Waals surface area contributed by atoms with E-state index in [2.05, 4.69) is 21.7 Å². The third-order valence-electron chi connectivity index (χ3n) is 5.41. The molecule has 1 N–H and O–H groups in total. The molecule has 0 aromatic carbocycles. The molecule has 0 saturated carbocycles. The fraction of sp³-hybridized carbons (Fsp3) is 0.750. The average Bonchev–Trinajstić information content (AvgIpc) is 2.95. The maximum Gasteiger partial charge on any atom is 0.252 e. The third-order valence-corrected chi connectivity index (χ3v) is 5.41. The lowest BCUT2D eigenvalue weighted by Crippen LogP contribution is -2.37. The van der Waals surface area contributed by atoms with Gasteiger partial charge in [-0.15, -0.1) is 0 Å². The number of anilines is 1. The average molecular weight is 392 g/mol. The fourth-order valence-corrected chi connectivity index (χ4v) is 3.78. The minimum atomic E-state index is -0.120. The van der Waals surface area contributed by atoms with Crippen LogP contribution in [0.1, 0.15) is 44.7 Å². The van der Waals surface area contributed by atoms with Crippen LogP contribution in [0.15, 0.2) is 10.9 Å². The highest BCUT2D eigenvalue weighted by Crippen LogP contribution is 2.13. The molecule has 2 aliphatic rings. The number of nitrogens with one attached hydrogen (secondary N) is 1. The normalized spacial score (nSPS) is 18.9. The summed E-state index contributed by atoms with van der Waals surface area (Å²) in [5.41, 5.74) is 0.669.